The van der Waals surface area contributed by atoms with Crippen LogP contribution in [0, 0.1) is 5.41 Å². The number of hydrogen-bond donors (Lipinski definition) is 1. The van der Waals surface area contributed by atoms with E-state index in [1.807, 2.05) is 20.8 Å². The largest absolute Gasteiger partial charge is 0.490 e. The predicted octanol–water partition coefficient (Wildman–Crippen LogP) is 6.48. The lowest BCUT2D eigenvalue weighted by molar-refractivity contribution is -0.148. The average molecular weight is 716 g/mol. The van der Waals surface area contributed by atoms with Crippen LogP contribution in [0.15, 0.2) is 92.0 Å². The van der Waals surface area contributed by atoms with Gasteiger partial charge in [0, 0.05) is 37.0 Å². The van der Waals surface area contributed by atoms with Crippen LogP contribution in [0.1, 0.15) is 65.5 Å². The topological polar surface area (TPSA) is 157 Å². The molecule has 3 rings (SSSR count). The number of esters is 4. The fourth-order valence-electron chi connectivity index (χ4n) is 4.43. The minimum atomic E-state index is -0.727. The van der Waals surface area contributed by atoms with Crippen molar-refractivity contribution in [3.8, 4) is 17.2 Å². The number of ether oxygens (including phenoxy) is 7. The highest BCUT2D eigenvalue weighted by molar-refractivity contribution is 5.93. The van der Waals surface area contributed by atoms with Gasteiger partial charge in [0.2, 0.25) is 0 Å². The third-order valence-electron chi connectivity index (χ3n) is 6.94. The highest BCUT2D eigenvalue weighted by Crippen LogP contribution is 2.22. The standard InChI is InChI=1S/C40H45NO11/c1-6-36(42)47-22-9-8-21-46-26-34(50-37(43)7-2)27-49-32-15-11-30(12-16-32)39(45)51-35-19-10-28(24-31(35)25-41)20-23-48-38(44)29-13-17-33(18-14-29)52-40(3,4)5/h6-7,10-19,24-25,34,41H,1-2,8-9,20-23,26-27H2,3-5H3. The van der Waals surface area contributed by atoms with Crippen LogP contribution in [0.2, 0.25) is 0 Å². The van der Waals surface area contributed by atoms with Crippen molar-refractivity contribution in [1.82, 2.24) is 0 Å². The van der Waals surface area contributed by atoms with Gasteiger partial charge in [0.1, 0.15) is 29.5 Å². The molecule has 0 saturated carbocycles. The van der Waals surface area contributed by atoms with E-state index >= 15 is 0 Å². The molecule has 1 atom stereocenters. The summed E-state index contributed by atoms with van der Waals surface area (Å²) in [6.07, 6.45) is 4.11. The van der Waals surface area contributed by atoms with Crippen molar-refractivity contribution in [2.24, 2.45) is 0 Å². The Bertz CT molecular complexity index is 1680. The summed E-state index contributed by atoms with van der Waals surface area (Å²) in [6.45, 7) is 13.3. The molecular weight excluding hydrogens is 670 g/mol. The van der Waals surface area contributed by atoms with Gasteiger partial charge in [-0.2, -0.15) is 0 Å². The van der Waals surface area contributed by atoms with Gasteiger partial charge in [-0.1, -0.05) is 19.2 Å². The first-order valence-corrected chi connectivity index (χ1v) is 16.7. The summed E-state index contributed by atoms with van der Waals surface area (Å²) in [5.74, 6) is -0.946. The summed E-state index contributed by atoms with van der Waals surface area (Å²) in [5, 5.41) is 7.83. The van der Waals surface area contributed by atoms with Crippen molar-refractivity contribution in [2.75, 3.05) is 33.0 Å². The van der Waals surface area contributed by atoms with Crippen LogP contribution in [0.3, 0.4) is 0 Å². The fourth-order valence-corrected chi connectivity index (χ4v) is 4.43. The molecule has 0 saturated heterocycles. The predicted molar refractivity (Wildman–Crippen MR) is 193 cm³/mol. The Morgan fingerprint density at radius 2 is 1.38 bits per heavy atom. The summed E-state index contributed by atoms with van der Waals surface area (Å²) >= 11 is 0. The van der Waals surface area contributed by atoms with Gasteiger partial charge in [-0.3, -0.25) is 0 Å². The van der Waals surface area contributed by atoms with Crippen molar-refractivity contribution < 1.29 is 52.3 Å². The molecule has 0 heterocycles. The average Bonchev–Trinajstić information content (AvgIpc) is 3.13. The van der Waals surface area contributed by atoms with Crippen molar-refractivity contribution >= 4 is 30.1 Å². The molecule has 0 aliphatic heterocycles. The monoisotopic (exact) mass is 715 g/mol. The Kier molecular flexibility index (Phi) is 16.3. The Hall–Kier alpha value is -5.75. The molecule has 12 heteroatoms. The van der Waals surface area contributed by atoms with Crippen LogP contribution in [-0.4, -0.2) is 74.8 Å². The number of carbonyl (C=O) groups excluding carboxylic acids is 4. The summed E-state index contributed by atoms with van der Waals surface area (Å²) in [6, 6.07) is 18.0. The smallest absolute Gasteiger partial charge is 0.343 e. The number of hydrogen-bond acceptors (Lipinski definition) is 12. The Morgan fingerprint density at radius 3 is 2.02 bits per heavy atom. The zero-order valence-corrected chi connectivity index (χ0v) is 29.7. The Balaban J connectivity index is 1.47. The zero-order valence-electron chi connectivity index (χ0n) is 29.7. The lowest BCUT2D eigenvalue weighted by atomic mass is 10.1. The normalized spacial score (nSPS) is 11.4. The molecule has 3 aromatic rings. The SMILES string of the molecule is C=CC(=O)OCCCCOCC(COc1ccc(C(=O)Oc2ccc(CCOC(=O)c3ccc(OC(C)(C)C)cc3)cc2C=N)cc1)OC(=O)C=C. The quantitative estimate of drug-likeness (QED) is 0.0321. The maximum atomic E-state index is 12.9. The summed E-state index contributed by atoms with van der Waals surface area (Å²) in [5.41, 5.74) is 1.47. The fraction of sp³-hybridized carbons (Fsp3) is 0.325. The number of carbonyl (C=O) groups is 4. The van der Waals surface area contributed by atoms with Crippen molar-refractivity contribution in [2.45, 2.75) is 51.7 Å². The van der Waals surface area contributed by atoms with Crippen LogP contribution in [0.5, 0.6) is 17.2 Å². The first-order chi connectivity index (χ1) is 24.9. The van der Waals surface area contributed by atoms with E-state index in [1.54, 1.807) is 54.6 Å². The van der Waals surface area contributed by atoms with Gasteiger partial charge < -0.3 is 38.6 Å². The molecule has 0 bridgehead atoms. The molecule has 0 radical (unpaired) electrons. The van der Waals surface area contributed by atoms with Gasteiger partial charge in [0.25, 0.3) is 0 Å². The van der Waals surface area contributed by atoms with Crippen molar-refractivity contribution in [1.29, 1.82) is 5.41 Å². The third kappa shape index (κ3) is 14.6. The van der Waals surface area contributed by atoms with E-state index in [4.69, 9.17) is 38.6 Å². The van der Waals surface area contributed by atoms with Gasteiger partial charge in [0.05, 0.1) is 30.9 Å². The summed E-state index contributed by atoms with van der Waals surface area (Å²) in [4.78, 5) is 48.3. The molecule has 12 nitrogen and oxygen atoms in total. The lowest BCUT2D eigenvalue weighted by Gasteiger charge is -2.21. The van der Waals surface area contributed by atoms with E-state index in [9.17, 15) is 19.2 Å². The number of unbranched alkanes of at least 4 members (excludes halogenated alkanes) is 1. The van der Waals surface area contributed by atoms with Crippen molar-refractivity contribution in [3.05, 3.63) is 114 Å². The molecule has 1 unspecified atom stereocenters. The van der Waals surface area contributed by atoms with E-state index < -0.39 is 30.0 Å². The van der Waals surface area contributed by atoms with Crippen LogP contribution >= 0.6 is 0 Å². The van der Waals surface area contributed by atoms with Crippen LogP contribution < -0.4 is 14.2 Å². The number of benzene rings is 3. The maximum absolute atomic E-state index is 12.9. The van der Waals surface area contributed by atoms with E-state index in [0.29, 0.717) is 48.5 Å². The number of rotatable bonds is 21. The van der Waals surface area contributed by atoms with Gasteiger partial charge in [0.15, 0.2) is 6.10 Å². The Morgan fingerprint density at radius 1 is 0.750 bits per heavy atom. The molecule has 0 spiro atoms. The first kappa shape index (κ1) is 40.7. The minimum Gasteiger partial charge on any atom is -0.490 e. The first-order valence-electron chi connectivity index (χ1n) is 16.7. The lowest BCUT2D eigenvalue weighted by Crippen LogP contribution is -2.29. The molecule has 0 aliphatic rings. The second-order valence-electron chi connectivity index (χ2n) is 12.3. The third-order valence-corrected chi connectivity index (χ3v) is 6.94. The van der Waals surface area contributed by atoms with E-state index in [0.717, 1.165) is 23.9 Å². The number of nitrogens with one attached hydrogen (secondary N) is 1. The molecule has 0 aliphatic carbocycles. The van der Waals surface area contributed by atoms with E-state index in [1.165, 1.54) is 12.1 Å². The molecular formula is C40H45NO11. The molecule has 0 fully saturated rings. The Labute approximate surface area is 303 Å². The minimum absolute atomic E-state index is 0.0191. The van der Waals surface area contributed by atoms with Crippen LogP contribution in [-0.2, 0) is 35.0 Å². The summed E-state index contributed by atoms with van der Waals surface area (Å²) in [7, 11) is 0. The van der Waals surface area contributed by atoms with Gasteiger partial charge in [-0.15, -0.1) is 0 Å². The zero-order chi connectivity index (χ0) is 37.9. The van der Waals surface area contributed by atoms with E-state index in [2.05, 4.69) is 13.2 Å². The second kappa shape index (κ2) is 20.8. The van der Waals surface area contributed by atoms with Crippen LogP contribution in [0.25, 0.3) is 0 Å². The molecule has 3 aromatic carbocycles. The molecule has 52 heavy (non-hydrogen) atoms. The van der Waals surface area contributed by atoms with E-state index in [-0.39, 0.29) is 43.3 Å². The van der Waals surface area contributed by atoms with Gasteiger partial charge in [-0.05, 0) is 99.8 Å². The maximum Gasteiger partial charge on any atom is 0.343 e. The highest BCUT2D eigenvalue weighted by Gasteiger charge is 2.17. The second-order valence-corrected chi connectivity index (χ2v) is 12.3. The van der Waals surface area contributed by atoms with Crippen molar-refractivity contribution in [3.63, 3.8) is 0 Å². The van der Waals surface area contributed by atoms with Gasteiger partial charge >= 0.3 is 23.9 Å². The molecule has 1 N–H and O–H groups in total. The van der Waals surface area contributed by atoms with Crippen LogP contribution in [0.4, 0.5) is 0 Å². The molecule has 0 amide bonds. The molecule has 276 valence electrons. The molecule has 0 aromatic heterocycles. The summed E-state index contributed by atoms with van der Waals surface area (Å²) < 4.78 is 38.4. The highest BCUT2D eigenvalue weighted by atomic mass is 16.6. The van der Waals surface area contributed by atoms with Gasteiger partial charge in [-0.25, -0.2) is 19.2 Å².